The first-order chi connectivity index (χ1) is 9.19. The Morgan fingerprint density at radius 3 is 2.79 bits per heavy atom. The Morgan fingerprint density at radius 2 is 2.00 bits per heavy atom. The summed E-state index contributed by atoms with van der Waals surface area (Å²) < 4.78 is 1.56. The molecule has 4 nitrogen and oxygen atoms in total. The van der Waals surface area contributed by atoms with Crippen molar-refractivity contribution in [3.05, 3.63) is 52.4 Å². The summed E-state index contributed by atoms with van der Waals surface area (Å²) in [5, 5.41) is 13.8. The Bertz CT molecular complexity index is 817. The average molecular weight is 289 g/mol. The van der Waals surface area contributed by atoms with Gasteiger partial charge in [-0.15, -0.1) is 0 Å². The van der Waals surface area contributed by atoms with E-state index in [1.165, 1.54) is 0 Å². The number of nitriles is 1. The molecule has 0 saturated heterocycles. The molecular weight excluding hydrogens is 283 g/mol. The lowest BCUT2D eigenvalue weighted by molar-refractivity contribution is 0.949. The molecule has 0 N–H and O–H groups in total. The first kappa shape index (κ1) is 12.0. The third kappa shape index (κ3) is 2.03. The van der Waals surface area contributed by atoms with Crippen LogP contribution in [0.25, 0.3) is 16.8 Å². The Kier molecular flexibility index (Phi) is 2.86. The molecule has 0 spiro atoms. The zero-order valence-corrected chi connectivity index (χ0v) is 11.0. The van der Waals surface area contributed by atoms with Crippen molar-refractivity contribution in [3.63, 3.8) is 0 Å². The molecule has 2 aromatic heterocycles. The van der Waals surface area contributed by atoms with Gasteiger partial charge < -0.3 is 0 Å². The van der Waals surface area contributed by atoms with Gasteiger partial charge in [-0.3, -0.25) is 0 Å². The highest BCUT2D eigenvalue weighted by atomic mass is 35.5. The van der Waals surface area contributed by atoms with E-state index in [9.17, 15) is 0 Å². The lowest BCUT2D eigenvalue weighted by Crippen LogP contribution is -1.95. The van der Waals surface area contributed by atoms with Crippen LogP contribution in [0.1, 0.15) is 5.56 Å². The maximum Gasteiger partial charge on any atom is 0.155 e. The third-order valence-electron chi connectivity index (χ3n) is 2.70. The molecule has 0 aliphatic heterocycles. The van der Waals surface area contributed by atoms with Crippen LogP contribution in [0.15, 0.2) is 36.5 Å². The van der Waals surface area contributed by atoms with E-state index in [-0.39, 0.29) is 0 Å². The molecule has 0 bridgehead atoms. The first-order valence-corrected chi connectivity index (χ1v) is 6.15. The summed E-state index contributed by atoms with van der Waals surface area (Å²) in [7, 11) is 0. The second kappa shape index (κ2) is 4.54. The van der Waals surface area contributed by atoms with E-state index < -0.39 is 0 Å². The van der Waals surface area contributed by atoms with Crippen LogP contribution < -0.4 is 0 Å². The molecule has 0 radical (unpaired) electrons. The molecule has 19 heavy (non-hydrogen) atoms. The van der Waals surface area contributed by atoms with Gasteiger partial charge in [-0.1, -0.05) is 41.4 Å². The molecule has 3 aromatic rings. The van der Waals surface area contributed by atoms with E-state index in [1.54, 1.807) is 28.9 Å². The Morgan fingerprint density at radius 1 is 1.21 bits per heavy atom. The van der Waals surface area contributed by atoms with Crippen LogP contribution in [0.2, 0.25) is 10.3 Å². The van der Waals surface area contributed by atoms with Gasteiger partial charge in [-0.2, -0.15) is 10.4 Å². The van der Waals surface area contributed by atoms with Crippen molar-refractivity contribution in [3.8, 4) is 17.3 Å². The molecule has 3 rings (SSSR count). The van der Waals surface area contributed by atoms with Gasteiger partial charge in [0.1, 0.15) is 5.52 Å². The highest BCUT2D eigenvalue weighted by Gasteiger charge is 2.11. The van der Waals surface area contributed by atoms with Crippen molar-refractivity contribution in [2.24, 2.45) is 0 Å². The topological polar surface area (TPSA) is 54.0 Å². The number of nitrogens with zero attached hydrogens (tertiary/aromatic N) is 4. The second-order valence-electron chi connectivity index (χ2n) is 3.87. The van der Waals surface area contributed by atoms with Crippen molar-refractivity contribution in [2.75, 3.05) is 0 Å². The number of hydrogen-bond acceptors (Lipinski definition) is 3. The van der Waals surface area contributed by atoms with Crippen LogP contribution in [0.3, 0.4) is 0 Å². The first-order valence-electron chi connectivity index (χ1n) is 5.40. The summed E-state index contributed by atoms with van der Waals surface area (Å²) in [6.07, 6.45) is 1.70. The van der Waals surface area contributed by atoms with E-state index in [4.69, 9.17) is 28.5 Å². The number of benzene rings is 1. The fourth-order valence-corrected chi connectivity index (χ4v) is 2.28. The standard InChI is InChI=1S/C13H6Cl2N4/c14-12-5-11-13(15)17-10(7-19(11)18-12)9-4-2-1-3-8(9)6-16/h1-5,7H. The lowest BCUT2D eigenvalue weighted by atomic mass is 10.1. The van der Waals surface area contributed by atoms with Gasteiger partial charge in [0.25, 0.3) is 0 Å². The molecule has 2 heterocycles. The zero-order chi connectivity index (χ0) is 13.4. The fraction of sp³-hybridized carbons (Fsp3) is 0. The van der Waals surface area contributed by atoms with Crippen molar-refractivity contribution < 1.29 is 0 Å². The minimum absolute atomic E-state index is 0.296. The molecule has 0 atom stereocenters. The minimum Gasteiger partial charge on any atom is -0.234 e. The van der Waals surface area contributed by atoms with E-state index >= 15 is 0 Å². The van der Waals surface area contributed by atoms with Gasteiger partial charge >= 0.3 is 0 Å². The normalized spacial score (nSPS) is 10.6. The van der Waals surface area contributed by atoms with E-state index in [1.807, 2.05) is 12.1 Å². The number of rotatable bonds is 1. The van der Waals surface area contributed by atoms with Crippen LogP contribution in [0.5, 0.6) is 0 Å². The summed E-state index contributed by atoms with van der Waals surface area (Å²) in [6, 6.07) is 10.9. The van der Waals surface area contributed by atoms with Crippen LogP contribution in [-0.2, 0) is 0 Å². The van der Waals surface area contributed by atoms with Gasteiger partial charge in [-0.05, 0) is 6.07 Å². The van der Waals surface area contributed by atoms with Crippen LogP contribution in [0, 0.1) is 11.3 Å². The van der Waals surface area contributed by atoms with Crippen molar-refractivity contribution in [1.29, 1.82) is 5.26 Å². The highest BCUT2D eigenvalue weighted by Crippen LogP contribution is 2.26. The fourth-order valence-electron chi connectivity index (χ4n) is 1.86. The summed E-state index contributed by atoms with van der Waals surface area (Å²) in [5.74, 6) is 0. The number of aromatic nitrogens is 3. The molecule has 0 saturated carbocycles. The van der Waals surface area contributed by atoms with E-state index in [2.05, 4.69) is 16.2 Å². The van der Waals surface area contributed by atoms with E-state index in [0.29, 0.717) is 32.6 Å². The van der Waals surface area contributed by atoms with Gasteiger partial charge in [0, 0.05) is 11.6 Å². The Balaban J connectivity index is 2.29. The third-order valence-corrected chi connectivity index (χ3v) is 3.17. The summed E-state index contributed by atoms with van der Waals surface area (Å²) >= 11 is 11.9. The van der Waals surface area contributed by atoms with Crippen LogP contribution in [0.4, 0.5) is 0 Å². The molecule has 1 aromatic carbocycles. The van der Waals surface area contributed by atoms with Crippen LogP contribution >= 0.6 is 23.2 Å². The minimum atomic E-state index is 0.296. The predicted octanol–water partition coefficient (Wildman–Crippen LogP) is 3.57. The average Bonchev–Trinajstić information content (AvgIpc) is 2.79. The lowest BCUT2D eigenvalue weighted by Gasteiger charge is -2.05. The predicted molar refractivity (Wildman–Crippen MR) is 73.2 cm³/mol. The summed E-state index contributed by atoms with van der Waals surface area (Å²) in [6.45, 7) is 0. The Hall–Kier alpha value is -2.09. The van der Waals surface area contributed by atoms with Crippen LogP contribution in [-0.4, -0.2) is 14.6 Å². The maximum absolute atomic E-state index is 9.11. The molecular formula is C13H6Cl2N4. The molecule has 0 fully saturated rings. The Labute approximate surface area is 118 Å². The summed E-state index contributed by atoms with van der Waals surface area (Å²) in [4.78, 5) is 4.29. The molecule has 0 aliphatic carbocycles. The van der Waals surface area contributed by atoms with Gasteiger partial charge in [-0.25, -0.2) is 9.50 Å². The number of fused-ring (bicyclic) bond motifs is 1. The quantitative estimate of drug-likeness (QED) is 0.688. The molecule has 0 unspecified atom stereocenters. The smallest absolute Gasteiger partial charge is 0.155 e. The monoisotopic (exact) mass is 288 g/mol. The second-order valence-corrected chi connectivity index (χ2v) is 4.62. The van der Waals surface area contributed by atoms with Gasteiger partial charge in [0.15, 0.2) is 10.3 Å². The number of halogens is 2. The van der Waals surface area contributed by atoms with Gasteiger partial charge in [0.05, 0.1) is 23.5 Å². The molecule has 0 aliphatic rings. The maximum atomic E-state index is 9.11. The SMILES string of the molecule is N#Cc1ccccc1-c1cn2nc(Cl)cc2c(Cl)n1. The van der Waals surface area contributed by atoms with Gasteiger partial charge in [0.2, 0.25) is 0 Å². The summed E-state index contributed by atoms with van der Waals surface area (Å²) in [5.41, 5.74) is 2.45. The molecule has 0 amide bonds. The molecule has 6 heteroatoms. The van der Waals surface area contributed by atoms with E-state index in [0.717, 1.165) is 0 Å². The highest BCUT2D eigenvalue weighted by molar-refractivity contribution is 6.34. The number of hydrogen-bond donors (Lipinski definition) is 0. The van der Waals surface area contributed by atoms with Crippen molar-refractivity contribution in [2.45, 2.75) is 0 Å². The van der Waals surface area contributed by atoms with Crippen molar-refractivity contribution in [1.82, 2.24) is 14.6 Å². The largest absolute Gasteiger partial charge is 0.234 e. The molecule has 92 valence electrons. The zero-order valence-electron chi connectivity index (χ0n) is 9.51. The van der Waals surface area contributed by atoms with Crippen molar-refractivity contribution >= 4 is 28.7 Å².